The van der Waals surface area contributed by atoms with Crippen LogP contribution in [0.1, 0.15) is 22.8 Å². The van der Waals surface area contributed by atoms with Crippen molar-refractivity contribution in [1.82, 2.24) is 19.9 Å². The van der Waals surface area contributed by atoms with Gasteiger partial charge in [0, 0.05) is 22.1 Å². The lowest BCUT2D eigenvalue weighted by atomic mass is 10.3. The molecule has 0 fully saturated rings. The molecule has 5 heterocycles. The third kappa shape index (κ3) is 4.92. The second-order valence-electron chi connectivity index (χ2n) is 7.32. The second-order valence-corrected chi connectivity index (χ2v) is 7.98. The lowest BCUT2D eigenvalue weighted by Crippen LogP contribution is -1.97. The lowest BCUT2D eigenvalue weighted by Gasteiger charge is -1.86. The molecular formula is C26H19AlN4. The van der Waals surface area contributed by atoms with Gasteiger partial charge in [-0.2, -0.15) is 0 Å². The molecular weight excluding hydrogens is 395 g/mol. The van der Waals surface area contributed by atoms with Crippen LogP contribution in [0.15, 0.2) is 78.9 Å². The van der Waals surface area contributed by atoms with Crippen LogP contribution in [0, 0.1) is 0 Å². The minimum Gasteiger partial charge on any atom is -0.355 e. The SMILES string of the molecule is C1=Cc2cc3ccc(cc4ccc(cc5nc(cc1n2)C=C5)[nH]4)[nH]3.[Al][c]1ccccc1. The van der Waals surface area contributed by atoms with Gasteiger partial charge >= 0.3 is 0 Å². The molecule has 31 heavy (non-hydrogen) atoms. The van der Waals surface area contributed by atoms with Crippen molar-refractivity contribution in [3.05, 3.63) is 102 Å². The van der Waals surface area contributed by atoms with E-state index < -0.39 is 0 Å². The lowest BCUT2D eigenvalue weighted by molar-refractivity contribution is 1.28. The molecule has 0 saturated heterocycles. The summed E-state index contributed by atoms with van der Waals surface area (Å²) >= 11 is 2.63. The highest BCUT2D eigenvalue weighted by Gasteiger charge is 2.02. The predicted octanol–water partition coefficient (Wildman–Crippen LogP) is 5.14. The fraction of sp³-hybridized carbons (Fsp3) is 0. The van der Waals surface area contributed by atoms with E-state index in [2.05, 4.69) is 66.6 Å². The van der Waals surface area contributed by atoms with Crippen molar-refractivity contribution in [3.8, 4) is 0 Å². The molecule has 3 aromatic heterocycles. The maximum atomic E-state index is 4.62. The second kappa shape index (κ2) is 8.61. The van der Waals surface area contributed by atoms with Crippen LogP contribution in [0.2, 0.25) is 0 Å². The van der Waals surface area contributed by atoms with E-state index in [9.17, 15) is 0 Å². The third-order valence-electron chi connectivity index (χ3n) is 4.84. The Hall–Kier alpha value is -3.65. The van der Waals surface area contributed by atoms with Crippen molar-refractivity contribution in [3.63, 3.8) is 0 Å². The Labute approximate surface area is 188 Å². The standard InChI is InChI=1S/C20H14N4.C6H5.Al/c1-2-14-10-16-5-6-18(23-16)12-20-8-7-19(24-20)11-17-4-3-15(22-17)9-13(1)21-14;1-2-4-6-5-3-1;/h1-12,21-22H;1-5H;. The van der Waals surface area contributed by atoms with Crippen LogP contribution in [0.5, 0.6) is 0 Å². The van der Waals surface area contributed by atoms with Crippen molar-refractivity contribution in [2.24, 2.45) is 0 Å². The highest BCUT2D eigenvalue weighted by molar-refractivity contribution is 6.32. The molecule has 0 aliphatic carbocycles. The van der Waals surface area contributed by atoms with Gasteiger partial charge in [-0.25, -0.2) is 9.97 Å². The van der Waals surface area contributed by atoms with Gasteiger partial charge in [-0.1, -0.05) is 30.3 Å². The number of benzene rings is 1. The van der Waals surface area contributed by atoms with Gasteiger partial charge in [-0.15, -0.1) is 4.43 Å². The van der Waals surface area contributed by atoms with Crippen molar-refractivity contribution < 1.29 is 0 Å². The molecule has 2 aliphatic heterocycles. The first-order valence-electron chi connectivity index (χ1n) is 10.0. The van der Waals surface area contributed by atoms with Gasteiger partial charge in [0.15, 0.2) is 16.3 Å². The van der Waals surface area contributed by atoms with E-state index in [1.165, 1.54) is 4.43 Å². The van der Waals surface area contributed by atoms with Gasteiger partial charge in [0.1, 0.15) is 0 Å². The number of aromatic nitrogens is 4. The number of nitrogens with zero attached hydrogens (tertiary/aromatic N) is 2. The minimum atomic E-state index is 0.915. The Morgan fingerprint density at radius 2 is 0.903 bits per heavy atom. The van der Waals surface area contributed by atoms with Crippen LogP contribution in [-0.2, 0) is 0 Å². The molecule has 8 bridgehead atoms. The van der Waals surface area contributed by atoms with E-state index >= 15 is 0 Å². The first-order valence-corrected chi connectivity index (χ1v) is 10.6. The zero-order valence-corrected chi connectivity index (χ0v) is 17.9. The molecule has 1 aromatic carbocycles. The van der Waals surface area contributed by atoms with Crippen LogP contribution in [0.4, 0.5) is 0 Å². The summed E-state index contributed by atoms with van der Waals surface area (Å²) < 4.78 is 1.24. The third-order valence-corrected chi connectivity index (χ3v) is 5.23. The van der Waals surface area contributed by atoms with Gasteiger partial charge in [-0.3, -0.25) is 0 Å². The van der Waals surface area contributed by atoms with Gasteiger partial charge in [-0.05, 0) is 72.8 Å². The van der Waals surface area contributed by atoms with E-state index in [0.717, 1.165) is 44.8 Å². The number of aromatic amines is 2. The molecule has 0 unspecified atom stereocenters. The fourth-order valence-corrected chi connectivity index (χ4v) is 3.62. The molecule has 4 aromatic rings. The Bertz CT molecular complexity index is 1350. The number of fused-ring (bicyclic) bond motifs is 8. The number of H-pyrrole nitrogens is 2. The zero-order chi connectivity index (χ0) is 21.0. The summed E-state index contributed by atoms with van der Waals surface area (Å²) in [7, 11) is 0. The smallest absolute Gasteiger partial charge is 0.175 e. The van der Waals surface area contributed by atoms with Crippen molar-refractivity contribution in [2.75, 3.05) is 0 Å². The average Bonchev–Trinajstić information content (AvgIpc) is 3.55. The Kier molecular flexibility index (Phi) is 5.37. The molecule has 0 saturated carbocycles. The maximum absolute atomic E-state index is 4.62. The van der Waals surface area contributed by atoms with Gasteiger partial charge in [0.2, 0.25) is 0 Å². The Morgan fingerprint density at radius 1 is 0.484 bits per heavy atom. The number of rotatable bonds is 0. The molecule has 0 atom stereocenters. The topological polar surface area (TPSA) is 57.4 Å². The number of hydrogen-bond acceptors (Lipinski definition) is 2. The average molecular weight is 414 g/mol. The van der Waals surface area contributed by atoms with Crippen molar-refractivity contribution >= 4 is 67.1 Å². The summed E-state index contributed by atoms with van der Waals surface area (Å²) in [4.78, 5) is 16.0. The molecule has 146 valence electrons. The van der Waals surface area contributed by atoms with E-state index in [1.54, 1.807) is 0 Å². The van der Waals surface area contributed by atoms with Crippen LogP contribution < -0.4 is 4.43 Å². The largest absolute Gasteiger partial charge is 0.355 e. The van der Waals surface area contributed by atoms with Gasteiger partial charge < -0.3 is 9.97 Å². The fourth-order valence-electron chi connectivity index (χ4n) is 3.40. The van der Waals surface area contributed by atoms with E-state index in [1.807, 2.05) is 72.8 Å². The summed E-state index contributed by atoms with van der Waals surface area (Å²) in [5.74, 6) is 0. The van der Waals surface area contributed by atoms with E-state index in [4.69, 9.17) is 0 Å². The normalized spacial score (nSPS) is 11.7. The molecule has 6 rings (SSSR count). The number of nitrogens with one attached hydrogen (secondary N) is 2. The Balaban J connectivity index is 0.000000250. The molecule has 0 spiro atoms. The molecule has 5 heteroatoms. The molecule has 2 N–H and O–H groups in total. The summed E-state index contributed by atoms with van der Waals surface area (Å²) in [6.45, 7) is 0. The van der Waals surface area contributed by atoms with Crippen molar-refractivity contribution in [1.29, 1.82) is 0 Å². The molecule has 2 aliphatic rings. The van der Waals surface area contributed by atoms with Crippen LogP contribution in [-0.4, -0.2) is 36.2 Å². The Morgan fingerprint density at radius 3 is 1.32 bits per heavy atom. The van der Waals surface area contributed by atoms with Crippen molar-refractivity contribution in [2.45, 2.75) is 0 Å². The summed E-state index contributed by atoms with van der Waals surface area (Å²) in [6, 6.07) is 26.5. The number of hydrogen-bond donors (Lipinski definition) is 2. The van der Waals surface area contributed by atoms with Gasteiger partial charge in [0.25, 0.3) is 0 Å². The van der Waals surface area contributed by atoms with E-state index in [0.29, 0.717) is 0 Å². The first kappa shape index (κ1) is 19.3. The van der Waals surface area contributed by atoms with Crippen LogP contribution >= 0.6 is 0 Å². The molecule has 0 amide bonds. The summed E-state index contributed by atoms with van der Waals surface area (Å²) in [6.07, 6.45) is 8.05. The highest BCUT2D eigenvalue weighted by Crippen LogP contribution is 2.17. The highest BCUT2D eigenvalue weighted by atomic mass is 27.0. The summed E-state index contributed by atoms with van der Waals surface area (Å²) in [5.41, 5.74) is 7.86. The monoisotopic (exact) mass is 414 g/mol. The first-order chi connectivity index (χ1) is 15.2. The van der Waals surface area contributed by atoms with Gasteiger partial charge in [0.05, 0.1) is 22.8 Å². The van der Waals surface area contributed by atoms with Crippen LogP contribution in [0.3, 0.4) is 0 Å². The molecule has 2 radical (unpaired) electrons. The van der Waals surface area contributed by atoms with Crippen LogP contribution in [0.25, 0.3) is 46.4 Å². The van der Waals surface area contributed by atoms with E-state index in [-0.39, 0.29) is 0 Å². The minimum absolute atomic E-state index is 0.915. The predicted molar refractivity (Wildman–Crippen MR) is 131 cm³/mol. The quantitative estimate of drug-likeness (QED) is 0.338. The maximum Gasteiger partial charge on any atom is 0.175 e. The zero-order valence-electron chi connectivity index (χ0n) is 16.8. The molecule has 4 nitrogen and oxygen atoms in total. The summed E-state index contributed by atoms with van der Waals surface area (Å²) in [5, 5.41) is 0.